The lowest BCUT2D eigenvalue weighted by molar-refractivity contribution is 0.400. The van der Waals surface area contributed by atoms with Gasteiger partial charge in [-0.25, -0.2) is 0 Å². The second-order valence-electron chi connectivity index (χ2n) is 3.01. The third-order valence-corrected chi connectivity index (χ3v) is 1.63. The Labute approximate surface area is 67.4 Å². The second kappa shape index (κ2) is 4.13. The molecule has 1 aromatic heterocycles. The predicted octanol–water partition coefficient (Wildman–Crippen LogP) is 0.904. The zero-order chi connectivity index (χ0) is 8.10. The maximum atomic E-state index is 3.88. The van der Waals surface area contributed by atoms with Crippen LogP contribution in [-0.2, 0) is 6.42 Å². The van der Waals surface area contributed by atoms with E-state index in [1.54, 1.807) is 0 Å². The number of nitrogens with one attached hydrogen (secondary N) is 1. The van der Waals surface area contributed by atoms with Gasteiger partial charge in [0.1, 0.15) is 0 Å². The van der Waals surface area contributed by atoms with Crippen LogP contribution in [0.15, 0.2) is 12.4 Å². The van der Waals surface area contributed by atoms with E-state index in [1.165, 1.54) is 12.0 Å². The zero-order valence-electron chi connectivity index (χ0n) is 7.17. The Hall–Kier alpha value is -0.830. The fraction of sp³-hybridized carbons (Fsp3) is 0.625. The molecular weight excluding hydrogens is 138 g/mol. The summed E-state index contributed by atoms with van der Waals surface area (Å²) in [7, 11) is 4.19. The van der Waals surface area contributed by atoms with Gasteiger partial charge < -0.3 is 4.90 Å². The Kier molecular flexibility index (Phi) is 3.11. The first-order chi connectivity index (χ1) is 5.29. The number of aromatic amines is 1. The van der Waals surface area contributed by atoms with Gasteiger partial charge in [-0.2, -0.15) is 5.10 Å². The van der Waals surface area contributed by atoms with Crippen LogP contribution in [0.4, 0.5) is 0 Å². The van der Waals surface area contributed by atoms with Gasteiger partial charge in [0, 0.05) is 6.20 Å². The van der Waals surface area contributed by atoms with Crippen molar-refractivity contribution in [1.82, 2.24) is 15.1 Å². The SMILES string of the molecule is CN(C)CCCc1cn[nH]c1. The Morgan fingerprint density at radius 1 is 1.55 bits per heavy atom. The summed E-state index contributed by atoms with van der Waals surface area (Å²) >= 11 is 0. The van der Waals surface area contributed by atoms with Gasteiger partial charge in [-0.3, -0.25) is 5.10 Å². The van der Waals surface area contributed by atoms with Crippen molar-refractivity contribution in [2.45, 2.75) is 12.8 Å². The van der Waals surface area contributed by atoms with Crippen molar-refractivity contribution in [2.75, 3.05) is 20.6 Å². The van der Waals surface area contributed by atoms with Gasteiger partial charge in [0.15, 0.2) is 0 Å². The van der Waals surface area contributed by atoms with Crippen LogP contribution in [0, 0.1) is 0 Å². The van der Waals surface area contributed by atoms with Crippen molar-refractivity contribution in [3.8, 4) is 0 Å². The van der Waals surface area contributed by atoms with Gasteiger partial charge in [0.25, 0.3) is 0 Å². The van der Waals surface area contributed by atoms with Crippen LogP contribution in [0.1, 0.15) is 12.0 Å². The molecule has 0 spiro atoms. The minimum absolute atomic E-state index is 1.12. The van der Waals surface area contributed by atoms with Gasteiger partial charge in [-0.15, -0.1) is 0 Å². The fourth-order valence-electron chi connectivity index (χ4n) is 1.01. The van der Waals surface area contributed by atoms with Crippen molar-refractivity contribution in [3.05, 3.63) is 18.0 Å². The van der Waals surface area contributed by atoms with Crippen molar-refractivity contribution < 1.29 is 0 Å². The third kappa shape index (κ3) is 3.18. The molecule has 0 amide bonds. The smallest absolute Gasteiger partial charge is 0.0519 e. The summed E-state index contributed by atoms with van der Waals surface area (Å²) in [6, 6.07) is 0. The van der Waals surface area contributed by atoms with Gasteiger partial charge in [0.2, 0.25) is 0 Å². The first-order valence-corrected chi connectivity index (χ1v) is 3.91. The molecule has 1 N–H and O–H groups in total. The summed E-state index contributed by atoms with van der Waals surface area (Å²) in [6.45, 7) is 1.14. The highest BCUT2D eigenvalue weighted by molar-refractivity contribution is 5.01. The van der Waals surface area contributed by atoms with Crippen LogP contribution >= 0.6 is 0 Å². The average molecular weight is 153 g/mol. The number of aryl methyl sites for hydroxylation is 1. The third-order valence-electron chi connectivity index (χ3n) is 1.63. The minimum atomic E-state index is 1.12. The molecule has 0 unspecified atom stereocenters. The highest BCUT2D eigenvalue weighted by Gasteiger charge is 1.94. The Morgan fingerprint density at radius 3 is 2.91 bits per heavy atom. The standard InChI is InChI=1S/C8H15N3/c1-11(2)5-3-4-8-6-9-10-7-8/h6-7H,3-5H2,1-2H3,(H,9,10). The predicted molar refractivity (Wildman–Crippen MR) is 45.5 cm³/mol. The quantitative estimate of drug-likeness (QED) is 0.697. The number of hydrogen-bond donors (Lipinski definition) is 1. The van der Waals surface area contributed by atoms with Crippen molar-refractivity contribution >= 4 is 0 Å². The van der Waals surface area contributed by atoms with E-state index in [9.17, 15) is 0 Å². The summed E-state index contributed by atoms with van der Waals surface area (Å²) in [4.78, 5) is 2.19. The van der Waals surface area contributed by atoms with Gasteiger partial charge in [-0.1, -0.05) is 0 Å². The van der Waals surface area contributed by atoms with Crippen LogP contribution in [0.3, 0.4) is 0 Å². The topological polar surface area (TPSA) is 31.9 Å². The number of nitrogens with zero attached hydrogens (tertiary/aromatic N) is 2. The van der Waals surface area contributed by atoms with Crippen LogP contribution in [0.25, 0.3) is 0 Å². The lowest BCUT2D eigenvalue weighted by atomic mass is 10.2. The molecule has 0 saturated carbocycles. The van der Waals surface area contributed by atoms with Gasteiger partial charge >= 0.3 is 0 Å². The number of aromatic nitrogens is 2. The monoisotopic (exact) mass is 153 g/mol. The van der Waals surface area contributed by atoms with Crippen LogP contribution in [-0.4, -0.2) is 35.7 Å². The van der Waals surface area contributed by atoms with E-state index in [1.807, 2.05) is 12.4 Å². The zero-order valence-corrected chi connectivity index (χ0v) is 7.17. The maximum absolute atomic E-state index is 3.88. The lowest BCUT2D eigenvalue weighted by Crippen LogP contribution is -2.13. The Bertz CT molecular complexity index is 179. The molecule has 0 aliphatic heterocycles. The van der Waals surface area contributed by atoms with Crippen molar-refractivity contribution in [1.29, 1.82) is 0 Å². The van der Waals surface area contributed by atoms with E-state index in [0.29, 0.717) is 0 Å². The summed E-state index contributed by atoms with van der Waals surface area (Å²) in [5.41, 5.74) is 1.30. The van der Waals surface area contributed by atoms with Gasteiger partial charge in [-0.05, 0) is 39.0 Å². The van der Waals surface area contributed by atoms with Gasteiger partial charge in [0.05, 0.1) is 6.20 Å². The fourth-order valence-corrected chi connectivity index (χ4v) is 1.01. The van der Waals surface area contributed by atoms with E-state index in [2.05, 4.69) is 29.2 Å². The number of H-pyrrole nitrogens is 1. The molecule has 1 rings (SSSR count). The molecule has 0 atom stereocenters. The van der Waals surface area contributed by atoms with E-state index in [0.717, 1.165) is 13.0 Å². The van der Waals surface area contributed by atoms with Crippen molar-refractivity contribution in [3.63, 3.8) is 0 Å². The molecule has 62 valence electrons. The normalized spacial score (nSPS) is 10.8. The summed E-state index contributed by atoms with van der Waals surface area (Å²) in [6.07, 6.45) is 6.16. The molecule has 0 bridgehead atoms. The maximum Gasteiger partial charge on any atom is 0.0519 e. The molecule has 0 saturated heterocycles. The molecule has 1 heterocycles. The number of hydrogen-bond acceptors (Lipinski definition) is 2. The van der Waals surface area contributed by atoms with E-state index in [4.69, 9.17) is 0 Å². The first-order valence-electron chi connectivity index (χ1n) is 3.91. The van der Waals surface area contributed by atoms with Crippen molar-refractivity contribution in [2.24, 2.45) is 0 Å². The highest BCUT2D eigenvalue weighted by Crippen LogP contribution is 1.98. The molecular formula is C8H15N3. The first kappa shape index (κ1) is 8.27. The summed E-state index contributed by atoms with van der Waals surface area (Å²) < 4.78 is 0. The Morgan fingerprint density at radius 2 is 2.36 bits per heavy atom. The molecule has 0 aliphatic carbocycles. The van der Waals surface area contributed by atoms with Crippen LogP contribution < -0.4 is 0 Å². The van der Waals surface area contributed by atoms with E-state index >= 15 is 0 Å². The van der Waals surface area contributed by atoms with Crippen LogP contribution in [0.2, 0.25) is 0 Å². The summed E-state index contributed by atoms with van der Waals surface area (Å²) in [5, 5.41) is 6.69. The molecule has 1 aromatic rings. The largest absolute Gasteiger partial charge is 0.309 e. The van der Waals surface area contributed by atoms with Crippen LogP contribution in [0.5, 0.6) is 0 Å². The van der Waals surface area contributed by atoms with E-state index in [-0.39, 0.29) is 0 Å². The lowest BCUT2D eigenvalue weighted by Gasteiger charge is -2.07. The average Bonchev–Trinajstić information content (AvgIpc) is 2.39. The molecule has 0 aromatic carbocycles. The molecule has 11 heavy (non-hydrogen) atoms. The molecule has 0 fully saturated rings. The number of rotatable bonds is 4. The minimum Gasteiger partial charge on any atom is -0.309 e. The molecule has 0 aliphatic rings. The second-order valence-corrected chi connectivity index (χ2v) is 3.01. The summed E-state index contributed by atoms with van der Waals surface area (Å²) in [5.74, 6) is 0. The molecule has 3 nitrogen and oxygen atoms in total. The van der Waals surface area contributed by atoms with E-state index < -0.39 is 0 Å². The molecule has 0 radical (unpaired) electrons. The Balaban J connectivity index is 2.14. The highest BCUT2D eigenvalue weighted by atomic mass is 15.1. The molecule has 3 heteroatoms.